The molecule has 1 aromatic carbocycles. The molecule has 0 unspecified atom stereocenters. The number of aromatic nitrogens is 3. The van der Waals surface area contributed by atoms with E-state index in [0.29, 0.717) is 25.5 Å². The third-order valence-electron chi connectivity index (χ3n) is 5.58. The molecular formula is C22H28N6O2S. The van der Waals surface area contributed by atoms with Crippen LogP contribution in [-0.2, 0) is 23.1 Å². The summed E-state index contributed by atoms with van der Waals surface area (Å²) in [5.74, 6) is 1.63. The number of rotatable bonds is 7. The summed E-state index contributed by atoms with van der Waals surface area (Å²) >= 11 is 0. The minimum Gasteiger partial charge on any atom is -0.366 e. The average molecular weight is 441 g/mol. The van der Waals surface area contributed by atoms with Crippen molar-refractivity contribution in [3.05, 3.63) is 71.9 Å². The third kappa shape index (κ3) is 5.12. The molecule has 0 amide bonds. The van der Waals surface area contributed by atoms with Gasteiger partial charge in [-0.2, -0.15) is 4.31 Å². The van der Waals surface area contributed by atoms with Crippen LogP contribution in [0, 0.1) is 6.92 Å². The van der Waals surface area contributed by atoms with Crippen molar-refractivity contribution in [3.8, 4) is 0 Å². The molecule has 2 aromatic heterocycles. The minimum atomic E-state index is -3.49. The van der Waals surface area contributed by atoms with Gasteiger partial charge in [-0.3, -0.25) is 0 Å². The quantitative estimate of drug-likeness (QED) is 0.606. The molecule has 164 valence electrons. The second-order valence-corrected chi connectivity index (χ2v) is 9.80. The molecule has 3 aromatic rings. The van der Waals surface area contributed by atoms with E-state index in [1.165, 1.54) is 16.1 Å². The summed E-state index contributed by atoms with van der Waals surface area (Å²) in [6, 6.07) is 11.7. The molecule has 1 N–H and O–H groups in total. The molecule has 0 atom stereocenters. The van der Waals surface area contributed by atoms with Crippen LogP contribution in [0.2, 0.25) is 0 Å². The van der Waals surface area contributed by atoms with Crippen molar-refractivity contribution in [2.45, 2.75) is 24.9 Å². The van der Waals surface area contributed by atoms with Crippen molar-refractivity contribution < 1.29 is 8.42 Å². The Hall–Kier alpha value is -2.75. The number of pyridine rings is 1. The molecule has 1 aliphatic rings. The van der Waals surface area contributed by atoms with Crippen molar-refractivity contribution in [2.75, 3.05) is 38.5 Å². The van der Waals surface area contributed by atoms with Gasteiger partial charge in [0.15, 0.2) is 0 Å². The zero-order valence-electron chi connectivity index (χ0n) is 17.9. The first-order valence-electron chi connectivity index (χ1n) is 10.4. The van der Waals surface area contributed by atoms with Gasteiger partial charge in [-0.05, 0) is 37.2 Å². The van der Waals surface area contributed by atoms with Gasteiger partial charge in [-0.15, -0.1) is 0 Å². The number of imidazole rings is 1. The normalized spacial score (nSPS) is 15.8. The minimum absolute atomic E-state index is 0.236. The van der Waals surface area contributed by atoms with Crippen LogP contribution in [0.25, 0.3) is 0 Å². The van der Waals surface area contributed by atoms with E-state index in [9.17, 15) is 8.42 Å². The van der Waals surface area contributed by atoms with Crippen LogP contribution in [0.15, 0.2) is 59.9 Å². The van der Waals surface area contributed by atoms with Crippen molar-refractivity contribution in [3.63, 3.8) is 0 Å². The predicted molar refractivity (Wildman–Crippen MR) is 120 cm³/mol. The molecule has 1 saturated heterocycles. The number of hydrogen-bond donors (Lipinski definition) is 1. The summed E-state index contributed by atoms with van der Waals surface area (Å²) in [5.41, 5.74) is 2.33. The summed E-state index contributed by atoms with van der Waals surface area (Å²) in [6.45, 7) is 5.87. The van der Waals surface area contributed by atoms with Gasteiger partial charge in [0.1, 0.15) is 16.5 Å². The number of anilines is 1. The number of nitrogens with zero attached hydrogens (tertiary/aromatic N) is 5. The van der Waals surface area contributed by atoms with E-state index in [-0.39, 0.29) is 4.90 Å². The molecule has 31 heavy (non-hydrogen) atoms. The number of benzene rings is 1. The van der Waals surface area contributed by atoms with Gasteiger partial charge >= 0.3 is 0 Å². The molecular weight excluding hydrogens is 412 g/mol. The van der Waals surface area contributed by atoms with E-state index in [1.54, 1.807) is 18.3 Å². The molecule has 9 heteroatoms. The first kappa shape index (κ1) is 21.5. The van der Waals surface area contributed by atoms with Crippen molar-refractivity contribution in [2.24, 2.45) is 0 Å². The maximum atomic E-state index is 12.8. The topological polar surface area (TPSA) is 83.4 Å². The average Bonchev–Trinajstić information content (AvgIpc) is 3.17. The van der Waals surface area contributed by atoms with Crippen LogP contribution in [0.4, 0.5) is 5.82 Å². The van der Waals surface area contributed by atoms with E-state index in [4.69, 9.17) is 0 Å². The molecule has 8 nitrogen and oxygen atoms in total. The molecule has 0 bridgehead atoms. The van der Waals surface area contributed by atoms with Gasteiger partial charge in [0.25, 0.3) is 0 Å². The van der Waals surface area contributed by atoms with Gasteiger partial charge in [-0.1, -0.05) is 24.3 Å². The van der Waals surface area contributed by atoms with Crippen LogP contribution in [0.1, 0.15) is 17.0 Å². The summed E-state index contributed by atoms with van der Waals surface area (Å²) < 4.78 is 29.3. The van der Waals surface area contributed by atoms with Gasteiger partial charge in [0.05, 0.1) is 0 Å². The zero-order chi connectivity index (χ0) is 21.8. The zero-order valence-corrected chi connectivity index (χ0v) is 18.7. The Morgan fingerprint density at radius 2 is 1.81 bits per heavy atom. The number of hydrogen-bond acceptors (Lipinski definition) is 6. The van der Waals surface area contributed by atoms with Crippen molar-refractivity contribution in [1.29, 1.82) is 0 Å². The lowest BCUT2D eigenvalue weighted by Crippen LogP contribution is -2.47. The Kier molecular flexibility index (Phi) is 6.35. The highest BCUT2D eigenvalue weighted by Gasteiger charge is 2.27. The fourth-order valence-corrected chi connectivity index (χ4v) is 4.98. The van der Waals surface area contributed by atoms with E-state index in [1.807, 2.05) is 26.2 Å². The number of piperazine rings is 1. The predicted octanol–water partition coefficient (Wildman–Crippen LogP) is 2.18. The van der Waals surface area contributed by atoms with Gasteiger partial charge in [-0.25, -0.2) is 18.4 Å². The smallest absolute Gasteiger partial charge is 0.244 e. The first-order valence-corrected chi connectivity index (χ1v) is 11.8. The standard InChI is InChI=1S/C22H28N6O2S/c1-18-23-8-9-27(18)17-20-5-3-4-19(14-20)15-24-22-7-6-21(16-25-22)31(29,30)28-12-10-26(2)11-13-28/h3-9,14,16H,10-13,15,17H2,1-2H3,(H,24,25). The second kappa shape index (κ2) is 9.17. The van der Waals surface area contributed by atoms with E-state index in [0.717, 1.165) is 31.0 Å². The van der Waals surface area contributed by atoms with Gasteiger partial charge in [0.2, 0.25) is 10.0 Å². The maximum absolute atomic E-state index is 12.8. The number of sulfonamides is 1. The first-order chi connectivity index (χ1) is 14.9. The molecule has 0 saturated carbocycles. The van der Waals surface area contributed by atoms with Crippen LogP contribution < -0.4 is 5.32 Å². The van der Waals surface area contributed by atoms with Crippen LogP contribution in [0.5, 0.6) is 0 Å². The Balaban J connectivity index is 1.37. The maximum Gasteiger partial charge on any atom is 0.244 e. The third-order valence-corrected chi connectivity index (χ3v) is 7.46. The van der Waals surface area contributed by atoms with Crippen molar-refractivity contribution in [1.82, 2.24) is 23.7 Å². The molecule has 1 aliphatic heterocycles. The van der Waals surface area contributed by atoms with Gasteiger partial charge in [0, 0.05) is 57.9 Å². The van der Waals surface area contributed by atoms with E-state index >= 15 is 0 Å². The fourth-order valence-electron chi connectivity index (χ4n) is 3.61. The van der Waals surface area contributed by atoms with Crippen LogP contribution >= 0.6 is 0 Å². The highest BCUT2D eigenvalue weighted by Crippen LogP contribution is 2.18. The summed E-state index contributed by atoms with van der Waals surface area (Å²) in [4.78, 5) is 11.0. The highest BCUT2D eigenvalue weighted by atomic mass is 32.2. The largest absolute Gasteiger partial charge is 0.366 e. The van der Waals surface area contributed by atoms with Crippen LogP contribution in [-0.4, -0.2) is 65.4 Å². The number of nitrogens with one attached hydrogen (secondary N) is 1. The molecule has 1 fully saturated rings. The van der Waals surface area contributed by atoms with Crippen LogP contribution in [0.3, 0.4) is 0 Å². The van der Waals surface area contributed by atoms with E-state index < -0.39 is 10.0 Å². The number of likely N-dealkylation sites (N-methyl/N-ethyl adjacent to an activating group) is 1. The summed E-state index contributed by atoms with van der Waals surface area (Å²) in [6.07, 6.45) is 5.22. The molecule has 0 radical (unpaired) electrons. The second-order valence-electron chi connectivity index (χ2n) is 7.86. The fraction of sp³-hybridized carbons (Fsp3) is 0.364. The lowest BCUT2D eigenvalue weighted by Gasteiger charge is -2.31. The lowest BCUT2D eigenvalue weighted by molar-refractivity contribution is 0.222. The number of aryl methyl sites for hydroxylation is 1. The molecule has 0 aliphatic carbocycles. The lowest BCUT2D eigenvalue weighted by atomic mass is 10.1. The Bertz CT molecular complexity index is 1120. The van der Waals surface area contributed by atoms with Gasteiger partial charge < -0.3 is 14.8 Å². The molecule has 4 rings (SSSR count). The Labute approximate surface area is 183 Å². The summed E-state index contributed by atoms with van der Waals surface area (Å²) in [5, 5.41) is 3.28. The SMILES string of the molecule is Cc1nccn1Cc1cccc(CNc2ccc(S(=O)(=O)N3CCN(C)CC3)cn2)c1. The van der Waals surface area contributed by atoms with Crippen molar-refractivity contribution >= 4 is 15.8 Å². The molecule has 3 heterocycles. The summed E-state index contributed by atoms with van der Waals surface area (Å²) in [7, 11) is -1.49. The Morgan fingerprint density at radius 3 is 2.48 bits per heavy atom. The Morgan fingerprint density at radius 1 is 1.03 bits per heavy atom. The van der Waals surface area contributed by atoms with E-state index in [2.05, 4.69) is 43.0 Å². The monoisotopic (exact) mass is 440 g/mol. The molecule has 0 spiro atoms. The highest BCUT2D eigenvalue weighted by molar-refractivity contribution is 7.89.